The molecule has 1 amide bonds. The number of rotatable bonds is 9. The molecule has 0 aliphatic rings. The van der Waals surface area contributed by atoms with Gasteiger partial charge in [-0.1, -0.05) is 37.3 Å². The predicted molar refractivity (Wildman–Crippen MR) is 107 cm³/mol. The van der Waals surface area contributed by atoms with E-state index in [1.807, 2.05) is 44.2 Å². The first-order chi connectivity index (χ1) is 12.8. The maximum atomic E-state index is 12.2. The summed E-state index contributed by atoms with van der Waals surface area (Å²) < 4.78 is 31.2. The molecule has 0 saturated carbocycles. The molecule has 0 aliphatic carbocycles. The molecule has 0 unspecified atom stereocenters. The van der Waals surface area contributed by atoms with Crippen molar-refractivity contribution in [2.75, 3.05) is 17.2 Å². The molecule has 6 nitrogen and oxygen atoms in total. The molecule has 0 aliphatic heterocycles. The summed E-state index contributed by atoms with van der Waals surface area (Å²) in [6, 6.07) is 16.2. The van der Waals surface area contributed by atoms with Gasteiger partial charge in [0.2, 0.25) is 10.0 Å². The average molecular weight is 391 g/mol. The lowest BCUT2D eigenvalue weighted by Gasteiger charge is -2.22. The van der Waals surface area contributed by atoms with Crippen LogP contribution in [-0.4, -0.2) is 33.2 Å². The molecular formula is C20H26N2O4S. The number of nitrogens with zero attached hydrogens (tertiary/aromatic N) is 1. The fourth-order valence-electron chi connectivity index (χ4n) is 2.43. The van der Waals surface area contributed by atoms with Crippen LogP contribution in [0.5, 0.6) is 5.75 Å². The van der Waals surface area contributed by atoms with Crippen molar-refractivity contribution in [2.24, 2.45) is 0 Å². The standard InChI is InChI=1S/C20H26N2O4S/c1-4-16(2)21-20(23)15-26-19-12-10-18(11-13-19)22(27(3,24)25)14-17-8-6-5-7-9-17/h5-13,16H,4,14-15H2,1-3H3,(H,21,23)/t16-/m1/s1. The van der Waals surface area contributed by atoms with Crippen LogP contribution in [0.4, 0.5) is 5.69 Å². The summed E-state index contributed by atoms with van der Waals surface area (Å²) in [4.78, 5) is 11.8. The Bertz CT molecular complexity index is 836. The Balaban J connectivity index is 2.05. The average Bonchev–Trinajstić information content (AvgIpc) is 2.65. The Labute approximate surface area is 161 Å². The topological polar surface area (TPSA) is 75.7 Å². The van der Waals surface area contributed by atoms with E-state index in [1.165, 1.54) is 10.6 Å². The molecule has 0 radical (unpaired) electrons. The Morgan fingerprint density at radius 3 is 2.30 bits per heavy atom. The lowest BCUT2D eigenvalue weighted by Crippen LogP contribution is -2.35. The van der Waals surface area contributed by atoms with E-state index in [0.717, 1.165) is 12.0 Å². The van der Waals surface area contributed by atoms with E-state index < -0.39 is 10.0 Å². The molecule has 0 bridgehead atoms. The molecule has 146 valence electrons. The second-order valence-electron chi connectivity index (χ2n) is 6.41. The van der Waals surface area contributed by atoms with Crippen molar-refractivity contribution in [1.29, 1.82) is 0 Å². The number of amides is 1. The van der Waals surface area contributed by atoms with E-state index in [4.69, 9.17) is 4.74 Å². The summed E-state index contributed by atoms with van der Waals surface area (Å²) in [6.45, 7) is 4.09. The first kappa shape index (κ1) is 20.8. The Kier molecular flexibility index (Phi) is 7.24. The number of benzene rings is 2. The van der Waals surface area contributed by atoms with E-state index in [2.05, 4.69) is 5.32 Å². The molecule has 27 heavy (non-hydrogen) atoms. The van der Waals surface area contributed by atoms with Crippen LogP contribution in [0.15, 0.2) is 54.6 Å². The summed E-state index contributed by atoms with van der Waals surface area (Å²) in [5.74, 6) is 0.321. The van der Waals surface area contributed by atoms with E-state index in [9.17, 15) is 13.2 Å². The third-order valence-electron chi connectivity index (χ3n) is 4.08. The highest BCUT2D eigenvalue weighted by molar-refractivity contribution is 7.92. The summed E-state index contributed by atoms with van der Waals surface area (Å²) in [6.07, 6.45) is 2.03. The third-order valence-corrected chi connectivity index (χ3v) is 5.22. The number of nitrogens with one attached hydrogen (secondary N) is 1. The number of hydrogen-bond acceptors (Lipinski definition) is 4. The minimum atomic E-state index is -3.44. The van der Waals surface area contributed by atoms with Crippen LogP contribution < -0.4 is 14.4 Å². The number of carbonyl (C=O) groups excluding carboxylic acids is 1. The highest BCUT2D eigenvalue weighted by Crippen LogP contribution is 2.23. The number of sulfonamides is 1. The smallest absolute Gasteiger partial charge is 0.258 e. The van der Waals surface area contributed by atoms with Crippen molar-refractivity contribution < 1.29 is 17.9 Å². The molecular weight excluding hydrogens is 364 g/mol. The lowest BCUT2D eigenvalue weighted by molar-refractivity contribution is -0.123. The van der Waals surface area contributed by atoms with Gasteiger partial charge in [0.1, 0.15) is 5.75 Å². The Morgan fingerprint density at radius 1 is 1.11 bits per heavy atom. The normalized spacial score (nSPS) is 12.3. The van der Waals surface area contributed by atoms with Gasteiger partial charge in [-0.3, -0.25) is 9.10 Å². The molecule has 2 aromatic carbocycles. The first-order valence-electron chi connectivity index (χ1n) is 8.83. The van der Waals surface area contributed by atoms with E-state index in [1.54, 1.807) is 24.3 Å². The molecule has 0 aromatic heterocycles. The summed E-state index contributed by atoms with van der Waals surface area (Å²) in [7, 11) is -3.44. The minimum Gasteiger partial charge on any atom is -0.484 e. The second-order valence-corrected chi connectivity index (χ2v) is 8.32. The molecule has 1 atom stereocenters. The SMILES string of the molecule is CC[C@@H](C)NC(=O)COc1ccc(N(Cc2ccccc2)S(C)(=O)=O)cc1. The predicted octanol–water partition coefficient (Wildman–Crippen LogP) is 2.95. The maximum absolute atomic E-state index is 12.2. The van der Waals surface area contributed by atoms with Gasteiger partial charge in [0.25, 0.3) is 5.91 Å². The van der Waals surface area contributed by atoms with Crippen LogP contribution in [0.1, 0.15) is 25.8 Å². The minimum absolute atomic E-state index is 0.0799. The lowest BCUT2D eigenvalue weighted by atomic mass is 10.2. The van der Waals surface area contributed by atoms with Crippen molar-refractivity contribution in [1.82, 2.24) is 5.32 Å². The van der Waals surface area contributed by atoms with Crippen molar-refractivity contribution in [3.8, 4) is 5.75 Å². The second kappa shape index (κ2) is 9.41. The highest BCUT2D eigenvalue weighted by Gasteiger charge is 2.18. The van der Waals surface area contributed by atoms with Gasteiger partial charge in [-0.15, -0.1) is 0 Å². The van der Waals surface area contributed by atoms with Crippen LogP contribution >= 0.6 is 0 Å². The number of anilines is 1. The zero-order valence-corrected chi connectivity index (χ0v) is 16.7. The third kappa shape index (κ3) is 6.60. The van der Waals surface area contributed by atoms with E-state index in [-0.39, 0.29) is 25.1 Å². The molecule has 2 aromatic rings. The van der Waals surface area contributed by atoms with Crippen molar-refractivity contribution in [3.05, 3.63) is 60.2 Å². The molecule has 0 spiro atoms. The zero-order valence-electron chi connectivity index (χ0n) is 15.9. The summed E-state index contributed by atoms with van der Waals surface area (Å²) in [5.41, 5.74) is 1.43. The van der Waals surface area contributed by atoms with Gasteiger partial charge in [0.15, 0.2) is 6.61 Å². The van der Waals surface area contributed by atoms with Crippen LogP contribution in [0.25, 0.3) is 0 Å². The van der Waals surface area contributed by atoms with Gasteiger partial charge < -0.3 is 10.1 Å². The number of hydrogen-bond donors (Lipinski definition) is 1. The van der Waals surface area contributed by atoms with Crippen molar-refractivity contribution in [3.63, 3.8) is 0 Å². The van der Waals surface area contributed by atoms with Gasteiger partial charge in [-0.05, 0) is 43.2 Å². The first-order valence-corrected chi connectivity index (χ1v) is 10.7. The Morgan fingerprint density at radius 2 is 1.74 bits per heavy atom. The van der Waals surface area contributed by atoms with E-state index in [0.29, 0.717) is 11.4 Å². The van der Waals surface area contributed by atoms with Gasteiger partial charge >= 0.3 is 0 Å². The van der Waals surface area contributed by atoms with Crippen LogP contribution in [0.2, 0.25) is 0 Å². The van der Waals surface area contributed by atoms with Crippen molar-refractivity contribution >= 4 is 21.6 Å². The molecule has 2 rings (SSSR count). The van der Waals surface area contributed by atoms with Crippen LogP contribution in [-0.2, 0) is 21.4 Å². The fraction of sp³-hybridized carbons (Fsp3) is 0.350. The summed E-state index contributed by atoms with van der Waals surface area (Å²) in [5, 5.41) is 2.83. The number of carbonyl (C=O) groups is 1. The maximum Gasteiger partial charge on any atom is 0.258 e. The van der Waals surface area contributed by atoms with Crippen LogP contribution in [0, 0.1) is 0 Å². The molecule has 0 fully saturated rings. The van der Waals surface area contributed by atoms with E-state index >= 15 is 0 Å². The monoisotopic (exact) mass is 390 g/mol. The largest absolute Gasteiger partial charge is 0.484 e. The fourth-order valence-corrected chi connectivity index (χ4v) is 3.31. The van der Waals surface area contributed by atoms with Crippen molar-refractivity contribution in [2.45, 2.75) is 32.9 Å². The molecule has 0 saturated heterocycles. The molecule has 0 heterocycles. The van der Waals surface area contributed by atoms with Crippen LogP contribution in [0.3, 0.4) is 0 Å². The van der Waals surface area contributed by atoms with Gasteiger partial charge in [-0.2, -0.15) is 0 Å². The highest BCUT2D eigenvalue weighted by atomic mass is 32.2. The Hall–Kier alpha value is -2.54. The van der Waals surface area contributed by atoms with Gasteiger partial charge in [0.05, 0.1) is 18.5 Å². The number of ether oxygens (including phenoxy) is 1. The zero-order chi connectivity index (χ0) is 19.9. The summed E-state index contributed by atoms with van der Waals surface area (Å²) >= 11 is 0. The quantitative estimate of drug-likeness (QED) is 0.714. The molecule has 1 N–H and O–H groups in total. The van der Waals surface area contributed by atoms with Gasteiger partial charge in [0, 0.05) is 6.04 Å². The molecule has 7 heteroatoms. The van der Waals surface area contributed by atoms with Gasteiger partial charge in [-0.25, -0.2) is 8.42 Å².